The highest BCUT2D eigenvalue weighted by atomic mass is 35.5. The number of carbonyl (C=O) groups is 2. The van der Waals surface area contributed by atoms with Crippen LogP contribution in [-0.4, -0.2) is 59.4 Å². The molecular formula is C17H24ClN3O6S. The van der Waals surface area contributed by atoms with Gasteiger partial charge in [-0.15, -0.1) is 0 Å². The quantitative estimate of drug-likeness (QED) is 0.504. The van der Waals surface area contributed by atoms with E-state index in [0.29, 0.717) is 6.61 Å². The van der Waals surface area contributed by atoms with Gasteiger partial charge in [-0.1, -0.05) is 11.6 Å². The van der Waals surface area contributed by atoms with E-state index < -0.39 is 22.0 Å². The van der Waals surface area contributed by atoms with Crippen molar-refractivity contribution in [3.05, 3.63) is 28.8 Å². The summed E-state index contributed by atoms with van der Waals surface area (Å²) in [5.41, 5.74) is 0.137. The second-order valence-electron chi connectivity index (χ2n) is 6.04. The molecule has 1 aliphatic rings. The first-order valence-electron chi connectivity index (χ1n) is 8.93. The molecule has 3 N–H and O–H groups in total. The molecule has 1 aliphatic heterocycles. The summed E-state index contributed by atoms with van der Waals surface area (Å²) in [4.78, 5) is 23.2. The van der Waals surface area contributed by atoms with Crippen molar-refractivity contribution in [2.45, 2.75) is 30.8 Å². The summed E-state index contributed by atoms with van der Waals surface area (Å²) in [7, 11) is -3.89. The molecule has 28 heavy (non-hydrogen) atoms. The molecule has 0 bridgehead atoms. The Balaban J connectivity index is 1.95. The van der Waals surface area contributed by atoms with Crippen LogP contribution in [0.25, 0.3) is 0 Å². The molecule has 2 rings (SSSR count). The molecule has 2 amide bonds. The molecule has 11 heteroatoms. The zero-order chi connectivity index (χ0) is 20.6. The number of rotatable bonds is 9. The molecular weight excluding hydrogens is 410 g/mol. The number of ether oxygens (including phenoxy) is 2. The zero-order valence-corrected chi connectivity index (χ0v) is 17.1. The van der Waals surface area contributed by atoms with Crippen LogP contribution in [0, 0.1) is 0 Å². The number of alkyl carbamates (subject to hydrolysis) is 1. The summed E-state index contributed by atoms with van der Waals surface area (Å²) in [5.74, 6) is -0.488. The van der Waals surface area contributed by atoms with Crippen LogP contribution in [0.1, 0.15) is 30.1 Å². The van der Waals surface area contributed by atoms with Crippen LogP contribution in [0.3, 0.4) is 0 Å². The fourth-order valence-corrected chi connectivity index (χ4v) is 4.15. The van der Waals surface area contributed by atoms with E-state index in [2.05, 4.69) is 15.4 Å². The second kappa shape index (κ2) is 10.6. The average molecular weight is 434 g/mol. The SMILES string of the molecule is CCOC(=O)NCCNC(=O)c1ccc(Cl)c(S(=O)(=O)NCC2CCCO2)c1. The van der Waals surface area contributed by atoms with Crippen LogP contribution in [0.2, 0.25) is 5.02 Å². The molecule has 0 spiro atoms. The first kappa shape index (κ1) is 22.4. The van der Waals surface area contributed by atoms with Crippen molar-refractivity contribution in [3.8, 4) is 0 Å². The van der Waals surface area contributed by atoms with E-state index in [4.69, 9.17) is 21.1 Å². The van der Waals surface area contributed by atoms with Crippen molar-refractivity contribution in [2.75, 3.05) is 32.8 Å². The zero-order valence-electron chi connectivity index (χ0n) is 15.5. The lowest BCUT2D eigenvalue weighted by atomic mass is 10.2. The third-order valence-electron chi connectivity index (χ3n) is 3.96. The van der Waals surface area contributed by atoms with Crippen molar-refractivity contribution < 1.29 is 27.5 Å². The van der Waals surface area contributed by atoms with E-state index >= 15 is 0 Å². The summed E-state index contributed by atoms with van der Waals surface area (Å²) < 4.78 is 37.6. The van der Waals surface area contributed by atoms with Gasteiger partial charge in [-0.3, -0.25) is 4.79 Å². The van der Waals surface area contributed by atoms with Gasteiger partial charge in [0.05, 0.1) is 17.7 Å². The van der Waals surface area contributed by atoms with Gasteiger partial charge >= 0.3 is 6.09 Å². The highest BCUT2D eigenvalue weighted by molar-refractivity contribution is 7.89. The van der Waals surface area contributed by atoms with E-state index in [9.17, 15) is 18.0 Å². The number of carbonyl (C=O) groups excluding carboxylic acids is 2. The highest BCUT2D eigenvalue weighted by Gasteiger charge is 2.23. The van der Waals surface area contributed by atoms with E-state index in [1.807, 2.05) is 0 Å². The molecule has 0 aromatic heterocycles. The van der Waals surface area contributed by atoms with Gasteiger partial charge in [0.1, 0.15) is 4.90 Å². The maximum absolute atomic E-state index is 12.5. The van der Waals surface area contributed by atoms with Crippen molar-refractivity contribution in [3.63, 3.8) is 0 Å². The van der Waals surface area contributed by atoms with Crippen LogP contribution in [-0.2, 0) is 19.5 Å². The smallest absolute Gasteiger partial charge is 0.407 e. The van der Waals surface area contributed by atoms with Crippen LogP contribution >= 0.6 is 11.6 Å². The Hall–Kier alpha value is -1.88. The van der Waals surface area contributed by atoms with Crippen molar-refractivity contribution in [2.24, 2.45) is 0 Å². The lowest BCUT2D eigenvalue weighted by Crippen LogP contribution is -2.35. The summed E-state index contributed by atoms with van der Waals surface area (Å²) in [6.07, 6.45) is 0.952. The van der Waals surface area contributed by atoms with Crippen molar-refractivity contribution in [1.29, 1.82) is 0 Å². The van der Waals surface area contributed by atoms with Crippen LogP contribution in [0.4, 0.5) is 4.79 Å². The van der Waals surface area contributed by atoms with Gasteiger partial charge in [0.2, 0.25) is 10.0 Å². The maximum Gasteiger partial charge on any atom is 0.407 e. The summed E-state index contributed by atoms with van der Waals surface area (Å²) in [6, 6.07) is 4.00. The maximum atomic E-state index is 12.5. The fraction of sp³-hybridized carbons (Fsp3) is 0.529. The van der Waals surface area contributed by atoms with Gasteiger partial charge in [-0.05, 0) is 38.0 Å². The predicted octanol–water partition coefficient (Wildman–Crippen LogP) is 1.27. The Bertz CT molecular complexity index is 796. The average Bonchev–Trinajstić information content (AvgIpc) is 3.17. The molecule has 1 fully saturated rings. The minimum atomic E-state index is -3.89. The van der Waals surface area contributed by atoms with Gasteiger partial charge in [-0.25, -0.2) is 17.9 Å². The number of sulfonamides is 1. The lowest BCUT2D eigenvalue weighted by molar-refractivity contribution is 0.0952. The molecule has 9 nitrogen and oxygen atoms in total. The predicted molar refractivity (Wildman–Crippen MR) is 103 cm³/mol. The summed E-state index contributed by atoms with van der Waals surface area (Å²) in [6.45, 7) is 3.03. The molecule has 1 saturated heterocycles. The Kier molecular flexibility index (Phi) is 8.49. The van der Waals surface area contributed by atoms with E-state index in [0.717, 1.165) is 12.8 Å². The van der Waals surface area contributed by atoms with Crippen LogP contribution < -0.4 is 15.4 Å². The van der Waals surface area contributed by atoms with Crippen molar-refractivity contribution >= 4 is 33.6 Å². The molecule has 1 aromatic carbocycles. The highest BCUT2D eigenvalue weighted by Crippen LogP contribution is 2.23. The minimum absolute atomic E-state index is 0.0142. The molecule has 0 radical (unpaired) electrons. The standard InChI is InChI=1S/C17H24ClN3O6S/c1-2-26-17(23)20-8-7-19-16(22)12-5-6-14(18)15(10-12)28(24,25)21-11-13-4-3-9-27-13/h5-6,10,13,21H,2-4,7-9,11H2,1H3,(H,19,22)(H,20,23). The topological polar surface area (TPSA) is 123 Å². The number of benzene rings is 1. The second-order valence-corrected chi connectivity index (χ2v) is 8.18. The lowest BCUT2D eigenvalue weighted by Gasteiger charge is -2.13. The minimum Gasteiger partial charge on any atom is -0.450 e. The van der Waals surface area contributed by atoms with Gasteiger partial charge < -0.3 is 20.1 Å². The van der Waals surface area contributed by atoms with Crippen molar-refractivity contribution in [1.82, 2.24) is 15.4 Å². The summed E-state index contributed by atoms with van der Waals surface area (Å²) in [5, 5.41) is 5.06. The Morgan fingerprint density at radius 1 is 1.29 bits per heavy atom. The van der Waals surface area contributed by atoms with Gasteiger partial charge in [0.25, 0.3) is 5.91 Å². The number of hydrogen-bond donors (Lipinski definition) is 3. The number of nitrogens with one attached hydrogen (secondary N) is 3. The first-order chi connectivity index (χ1) is 13.3. The monoisotopic (exact) mass is 433 g/mol. The fourth-order valence-electron chi connectivity index (χ4n) is 2.56. The number of hydrogen-bond acceptors (Lipinski definition) is 6. The van der Waals surface area contributed by atoms with Gasteiger partial charge in [0.15, 0.2) is 0 Å². The molecule has 0 aliphatic carbocycles. The number of amides is 2. The Morgan fingerprint density at radius 2 is 2.04 bits per heavy atom. The third kappa shape index (κ3) is 6.62. The molecule has 156 valence electrons. The van der Waals surface area contributed by atoms with Crippen LogP contribution in [0.5, 0.6) is 0 Å². The largest absolute Gasteiger partial charge is 0.450 e. The van der Waals surface area contributed by atoms with E-state index in [1.165, 1.54) is 18.2 Å². The Morgan fingerprint density at radius 3 is 2.71 bits per heavy atom. The molecule has 1 aromatic rings. The van der Waals surface area contributed by atoms with Gasteiger partial charge in [-0.2, -0.15) is 0 Å². The normalized spacial score (nSPS) is 16.6. The van der Waals surface area contributed by atoms with E-state index in [1.54, 1.807) is 6.92 Å². The third-order valence-corrected chi connectivity index (χ3v) is 5.87. The summed E-state index contributed by atoms with van der Waals surface area (Å²) >= 11 is 6.03. The first-order valence-corrected chi connectivity index (χ1v) is 10.8. The number of halogens is 1. The molecule has 1 atom stereocenters. The van der Waals surface area contributed by atoms with Gasteiger partial charge in [0, 0.05) is 31.8 Å². The molecule has 0 saturated carbocycles. The van der Waals surface area contributed by atoms with Crippen LogP contribution in [0.15, 0.2) is 23.1 Å². The molecule has 1 heterocycles. The molecule has 1 unspecified atom stereocenters. The van der Waals surface area contributed by atoms with E-state index in [-0.39, 0.29) is 47.8 Å². The Labute approximate surface area is 169 Å².